The minimum absolute atomic E-state index is 0.0440. The van der Waals surface area contributed by atoms with Crippen LogP contribution in [0, 0.1) is 5.82 Å². The molecule has 2 aromatic rings. The van der Waals surface area contributed by atoms with Gasteiger partial charge in [0, 0.05) is 38.2 Å². The van der Waals surface area contributed by atoms with Crippen LogP contribution in [0.5, 0.6) is 0 Å². The molecule has 2 fully saturated rings. The van der Waals surface area contributed by atoms with E-state index in [4.69, 9.17) is 4.74 Å². The SMILES string of the molecule is CN(c1ccc(F)cc1)[C@@H]1COC2(CCN(c3cnccn3)CC2)C1. The number of nitrogens with zero attached hydrogens (tertiary/aromatic N) is 4. The lowest BCUT2D eigenvalue weighted by atomic mass is 9.87. The highest BCUT2D eigenvalue weighted by atomic mass is 19.1. The highest BCUT2D eigenvalue weighted by Gasteiger charge is 2.44. The lowest BCUT2D eigenvalue weighted by molar-refractivity contribution is -0.0149. The quantitative estimate of drug-likeness (QED) is 0.858. The molecule has 25 heavy (non-hydrogen) atoms. The molecule has 1 spiro atoms. The minimum Gasteiger partial charge on any atom is -0.373 e. The Morgan fingerprint density at radius 2 is 1.96 bits per heavy atom. The molecule has 1 aromatic heterocycles. The molecule has 5 nitrogen and oxygen atoms in total. The molecule has 0 N–H and O–H groups in total. The second-order valence-electron chi connectivity index (χ2n) is 6.99. The van der Waals surface area contributed by atoms with E-state index in [1.807, 2.05) is 18.3 Å². The topological polar surface area (TPSA) is 41.5 Å². The summed E-state index contributed by atoms with van der Waals surface area (Å²) < 4.78 is 19.4. The fourth-order valence-corrected chi connectivity index (χ4v) is 3.90. The smallest absolute Gasteiger partial charge is 0.147 e. The van der Waals surface area contributed by atoms with Crippen molar-refractivity contribution in [1.29, 1.82) is 0 Å². The maximum absolute atomic E-state index is 13.1. The Labute approximate surface area is 147 Å². The molecular formula is C19H23FN4O. The molecule has 1 atom stereocenters. The van der Waals surface area contributed by atoms with Crippen molar-refractivity contribution in [2.24, 2.45) is 0 Å². The van der Waals surface area contributed by atoms with Gasteiger partial charge >= 0.3 is 0 Å². The second kappa shape index (κ2) is 6.59. The van der Waals surface area contributed by atoms with Crippen LogP contribution >= 0.6 is 0 Å². The van der Waals surface area contributed by atoms with Crippen LogP contribution in [0.25, 0.3) is 0 Å². The molecule has 0 amide bonds. The van der Waals surface area contributed by atoms with E-state index >= 15 is 0 Å². The first-order valence-corrected chi connectivity index (χ1v) is 8.79. The van der Waals surface area contributed by atoms with E-state index in [1.54, 1.807) is 12.4 Å². The fourth-order valence-electron chi connectivity index (χ4n) is 3.90. The van der Waals surface area contributed by atoms with Crippen molar-refractivity contribution < 1.29 is 9.13 Å². The molecule has 132 valence electrons. The van der Waals surface area contributed by atoms with E-state index in [9.17, 15) is 4.39 Å². The fraction of sp³-hybridized carbons (Fsp3) is 0.474. The lowest BCUT2D eigenvalue weighted by Gasteiger charge is -2.39. The summed E-state index contributed by atoms with van der Waals surface area (Å²) in [5.74, 6) is 0.739. The second-order valence-corrected chi connectivity index (χ2v) is 6.99. The van der Waals surface area contributed by atoms with E-state index in [0.29, 0.717) is 6.04 Å². The number of ether oxygens (including phenoxy) is 1. The number of anilines is 2. The monoisotopic (exact) mass is 342 g/mol. The van der Waals surface area contributed by atoms with Gasteiger partial charge in [-0.05, 0) is 43.5 Å². The minimum atomic E-state index is -0.201. The first-order chi connectivity index (χ1) is 12.2. The van der Waals surface area contributed by atoms with Gasteiger partial charge in [0.25, 0.3) is 0 Å². The van der Waals surface area contributed by atoms with Crippen LogP contribution in [-0.4, -0.2) is 48.4 Å². The summed E-state index contributed by atoms with van der Waals surface area (Å²) in [6, 6.07) is 7.01. The maximum atomic E-state index is 13.1. The lowest BCUT2D eigenvalue weighted by Crippen LogP contribution is -2.45. The van der Waals surface area contributed by atoms with Gasteiger partial charge < -0.3 is 14.5 Å². The molecule has 6 heteroatoms. The van der Waals surface area contributed by atoms with Crippen LogP contribution in [-0.2, 0) is 4.74 Å². The van der Waals surface area contributed by atoms with Gasteiger partial charge in [0.1, 0.15) is 11.6 Å². The van der Waals surface area contributed by atoms with Crippen molar-refractivity contribution >= 4 is 11.5 Å². The molecule has 0 bridgehead atoms. The van der Waals surface area contributed by atoms with Crippen LogP contribution in [0.2, 0.25) is 0 Å². The third kappa shape index (κ3) is 3.31. The highest BCUT2D eigenvalue weighted by molar-refractivity contribution is 5.47. The summed E-state index contributed by atoms with van der Waals surface area (Å²) in [6.07, 6.45) is 8.26. The highest BCUT2D eigenvalue weighted by Crippen LogP contribution is 2.39. The van der Waals surface area contributed by atoms with Crippen LogP contribution in [0.1, 0.15) is 19.3 Å². The van der Waals surface area contributed by atoms with Crippen LogP contribution in [0.3, 0.4) is 0 Å². The molecule has 2 aliphatic heterocycles. The molecular weight excluding hydrogens is 319 g/mol. The Kier molecular flexibility index (Phi) is 4.29. The van der Waals surface area contributed by atoms with Crippen LogP contribution < -0.4 is 9.80 Å². The zero-order chi connectivity index (χ0) is 17.3. The number of hydrogen-bond acceptors (Lipinski definition) is 5. The van der Waals surface area contributed by atoms with Gasteiger partial charge in [-0.1, -0.05) is 0 Å². The van der Waals surface area contributed by atoms with Crippen molar-refractivity contribution in [3.63, 3.8) is 0 Å². The predicted molar refractivity (Wildman–Crippen MR) is 95.4 cm³/mol. The largest absolute Gasteiger partial charge is 0.373 e. The first kappa shape index (κ1) is 16.3. The summed E-state index contributed by atoms with van der Waals surface area (Å²) in [5.41, 5.74) is 0.988. The molecule has 2 aliphatic rings. The maximum Gasteiger partial charge on any atom is 0.147 e. The van der Waals surface area contributed by atoms with Gasteiger partial charge in [-0.25, -0.2) is 9.37 Å². The third-order valence-electron chi connectivity index (χ3n) is 5.52. The van der Waals surface area contributed by atoms with Gasteiger partial charge in [0.2, 0.25) is 0 Å². The zero-order valence-corrected chi connectivity index (χ0v) is 14.4. The summed E-state index contributed by atoms with van der Waals surface area (Å²) >= 11 is 0. The molecule has 3 heterocycles. The zero-order valence-electron chi connectivity index (χ0n) is 14.4. The van der Waals surface area contributed by atoms with Crippen molar-refractivity contribution in [2.75, 3.05) is 36.5 Å². The van der Waals surface area contributed by atoms with E-state index in [2.05, 4.69) is 26.8 Å². The molecule has 4 rings (SSSR count). The van der Waals surface area contributed by atoms with E-state index < -0.39 is 0 Å². The summed E-state index contributed by atoms with van der Waals surface area (Å²) in [4.78, 5) is 13.0. The number of benzene rings is 1. The number of rotatable bonds is 3. The Hall–Kier alpha value is -2.21. The van der Waals surface area contributed by atoms with Crippen molar-refractivity contribution in [2.45, 2.75) is 30.9 Å². The summed E-state index contributed by atoms with van der Waals surface area (Å²) in [7, 11) is 2.06. The number of hydrogen-bond donors (Lipinski definition) is 0. The standard InChI is InChI=1S/C19H23FN4O/c1-23(16-4-2-15(20)3-5-16)17-12-19(25-14-17)6-10-24(11-7-19)18-13-21-8-9-22-18/h2-5,8-9,13,17H,6-7,10-12,14H2,1H3/t17-/m0/s1. The third-order valence-corrected chi connectivity index (χ3v) is 5.52. The molecule has 0 saturated carbocycles. The average Bonchev–Trinajstić information content (AvgIpc) is 3.07. The van der Waals surface area contributed by atoms with Crippen molar-refractivity contribution in [3.05, 3.63) is 48.7 Å². The van der Waals surface area contributed by atoms with Gasteiger partial charge in [-0.15, -0.1) is 0 Å². The van der Waals surface area contributed by atoms with E-state index in [-0.39, 0.29) is 11.4 Å². The number of aromatic nitrogens is 2. The van der Waals surface area contributed by atoms with Gasteiger partial charge in [-0.3, -0.25) is 4.98 Å². The number of likely N-dealkylation sites (N-methyl/N-ethyl adjacent to an activating group) is 1. The molecule has 2 saturated heterocycles. The van der Waals surface area contributed by atoms with Gasteiger partial charge in [0.05, 0.1) is 24.4 Å². The molecule has 0 unspecified atom stereocenters. The Morgan fingerprint density at radius 1 is 1.20 bits per heavy atom. The normalized spacial score (nSPS) is 22.3. The van der Waals surface area contributed by atoms with Gasteiger partial charge in [-0.2, -0.15) is 0 Å². The van der Waals surface area contributed by atoms with Crippen LogP contribution in [0.15, 0.2) is 42.9 Å². The summed E-state index contributed by atoms with van der Waals surface area (Å²) in [5, 5.41) is 0. The van der Waals surface area contributed by atoms with E-state index in [0.717, 1.165) is 50.5 Å². The Morgan fingerprint density at radius 3 is 2.64 bits per heavy atom. The predicted octanol–water partition coefficient (Wildman–Crippen LogP) is 2.88. The molecule has 1 aromatic carbocycles. The Bertz CT molecular complexity index is 701. The number of halogens is 1. The first-order valence-electron chi connectivity index (χ1n) is 8.79. The van der Waals surface area contributed by atoms with Crippen molar-refractivity contribution in [1.82, 2.24) is 9.97 Å². The molecule has 0 radical (unpaired) electrons. The summed E-state index contributed by atoms with van der Waals surface area (Å²) in [6.45, 7) is 2.59. The van der Waals surface area contributed by atoms with Gasteiger partial charge in [0.15, 0.2) is 0 Å². The number of piperidine rings is 1. The average molecular weight is 342 g/mol. The van der Waals surface area contributed by atoms with E-state index in [1.165, 1.54) is 12.1 Å². The molecule has 0 aliphatic carbocycles. The van der Waals surface area contributed by atoms with Crippen molar-refractivity contribution in [3.8, 4) is 0 Å². The van der Waals surface area contributed by atoms with Crippen LogP contribution in [0.4, 0.5) is 15.9 Å². The Balaban J connectivity index is 1.38.